The molecule has 102 valence electrons. The number of hydrogen-bond donors (Lipinski definition) is 1. The number of fused-ring (bicyclic) bond motifs is 1. The highest BCUT2D eigenvalue weighted by Crippen LogP contribution is 2.46. The van der Waals surface area contributed by atoms with E-state index in [4.69, 9.17) is 17.3 Å². The molecule has 1 heterocycles. The van der Waals surface area contributed by atoms with Gasteiger partial charge in [-0.05, 0) is 36.3 Å². The fraction of sp³-hybridized carbons (Fsp3) is 0.125. The molecule has 2 nitrogen and oxygen atoms in total. The van der Waals surface area contributed by atoms with E-state index in [1.54, 1.807) is 18.2 Å². The molecule has 0 aromatic heterocycles. The number of rotatable bonds is 2. The van der Waals surface area contributed by atoms with Crippen LogP contribution in [0.1, 0.15) is 12.0 Å². The van der Waals surface area contributed by atoms with Crippen LogP contribution >= 0.6 is 11.6 Å². The second kappa shape index (κ2) is 4.84. The third-order valence-electron chi connectivity index (χ3n) is 3.48. The average Bonchev–Trinajstić information content (AvgIpc) is 2.59. The van der Waals surface area contributed by atoms with Gasteiger partial charge in [-0.1, -0.05) is 30.3 Å². The van der Waals surface area contributed by atoms with Gasteiger partial charge in [0.2, 0.25) is 0 Å². The summed E-state index contributed by atoms with van der Waals surface area (Å²) in [6.45, 7) is 4.60. The molecule has 3 rings (SSSR count). The van der Waals surface area contributed by atoms with Gasteiger partial charge in [-0.15, -0.1) is 0 Å². The lowest BCUT2D eigenvalue weighted by Crippen LogP contribution is -2.32. The Morgan fingerprint density at radius 1 is 1.40 bits per heavy atom. The SMILES string of the molecule is C=C1c2c(N)cc(Cl)cc2N1CC1=CCC=CC(F)=C1. The van der Waals surface area contributed by atoms with Crippen LogP contribution in [0, 0.1) is 0 Å². The first kappa shape index (κ1) is 13.0. The van der Waals surface area contributed by atoms with Crippen LogP contribution in [-0.4, -0.2) is 6.54 Å². The van der Waals surface area contributed by atoms with Crippen LogP contribution < -0.4 is 10.6 Å². The Morgan fingerprint density at radius 2 is 2.20 bits per heavy atom. The van der Waals surface area contributed by atoms with Gasteiger partial charge >= 0.3 is 0 Å². The lowest BCUT2D eigenvalue weighted by atomic mass is 9.96. The molecular formula is C16H14ClFN2. The zero-order chi connectivity index (χ0) is 14.3. The van der Waals surface area contributed by atoms with Crippen LogP contribution in [0.25, 0.3) is 5.70 Å². The van der Waals surface area contributed by atoms with Crippen molar-refractivity contribution < 1.29 is 4.39 Å². The van der Waals surface area contributed by atoms with Gasteiger partial charge in [-0.3, -0.25) is 0 Å². The summed E-state index contributed by atoms with van der Waals surface area (Å²) in [5.41, 5.74) is 10.2. The lowest BCUT2D eigenvalue weighted by Gasteiger charge is -2.39. The smallest absolute Gasteiger partial charge is 0.123 e. The number of hydrogen-bond acceptors (Lipinski definition) is 2. The summed E-state index contributed by atoms with van der Waals surface area (Å²) in [7, 11) is 0. The van der Waals surface area contributed by atoms with Crippen molar-refractivity contribution in [2.24, 2.45) is 0 Å². The van der Waals surface area contributed by atoms with E-state index in [-0.39, 0.29) is 5.83 Å². The van der Waals surface area contributed by atoms with E-state index in [1.807, 2.05) is 17.0 Å². The highest BCUT2D eigenvalue weighted by Gasteiger charge is 2.30. The van der Waals surface area contributed by atoms with Gasteiger partial charge in [0.25, 0.3) is 0 Å². The van der Waals surface area contributed by atoms with E-state index < -0.39 is 0 Å². The standard InChI is InChI=1S/C16H14ClFN2/c1-10-16-14(19)7-12(17)8-15(16)20(10)9-11-4-2-3-5-13(18)6-11/h3-8H,1-2,9,19H2. The lowest BCUT2D eigenvalue weighted by molar-refractivity contribution is 0.665. The van der Waals surface area contributed by atoms with Crippen LogP contribution in [0.2, 0.25) is 5.02 Å². The monoisotopic (exact) mass is 288 g/mol. The molecule has 0 fully saturated rings. The van der Waals surface area contributed by atoms with Crippen molar-refractivity contribution in [2.75, 3.05) is 17.2 Å². The molecule has 1 aliphatic heterocycles. The summed E-state index contributed by atoms with van der Waals surface area (Å²) in [4.78, 5) is 2.00. The van der Waals surface area contributed by atoms with E-state index in [1.165, 1.54) is 6.08 Å². The summed E-state index contributed by atoms with van der Waals surface area (Å²) in [5, 5.41) is 0.594. The van der Waals surface area contributed by atoms with Gasteiger partial charge in [0.15, 0.2) is 0 Å². The summed E-state index contributed by atoms with van der Waals surface area (Å²) < 4.78 is 13.4. The first-order chi connectivity index (χ1) is 9.56. The zero-order valence-electron chi connectivity index (χ0n) is 10.9. The molecule has 0 amide bonds. The highest BCUT2D eigenvalue weighted by atomic mass is 35.5. The van der Waals surface area contributed by atoms with Gasteiger partial charge in [0.1, 0.15) is 5.83 Å². The van der Waals surface area contributed by atoms with Crippen molar-refractivity contribution in [3.05, 3.63) is 65.0 Å². The molecule has 0 radical (unpaired) electrons. The normalized spacial score (nSPS) is 17.1. The van der Waals surface area contributed by atoms with Crippen LogP contribution in [0.15, 0.2) is 54.4 Å². The molecule has 0 spiro atoms. The molecule has 0 saturated carbocycles. The average molecular weight is 289 g/mol. The summed E-state index contributed by atoms with van der Waals surface area (Å²) >= 11 is 6.03. The molecule has 0 unspecified atom stereocenters. The second-order valence-electron chi connectivity index (χ2n) is 4.87. The van der Waals surface area contributed by atoms with Crippen molar-refractivity contribution in [3.8, 4) is 0 Å². The molecule has 1 aromatic rings. The first-order valence-electron chi connectivity index (χ1n) is 6.35. The second-order valence-corrected chi connectivity index (χ2v) is 5.30. The fourth-order valence-electron chi connectivity index (χ4n) is 2.53. The molecule has 20 heavy (non-hydrogen) atoms. The van der Waals surface area contributed by atoms with E-state index in [0.717, 1.165) is 28.9 Å². The summed E-state index contributed by atoms with van der Waals surface area (Å²) in [5.74, 6) is -0.231. The predicted molar refractivity (Wildman–Crippen MR) is 83.3 cm³/mol. The quantitative estimate of drug-likeness (QED) is 0.815. The predicted octanol–water partition coefficient (Wildman–Crippen LogP) is 4.45. The van der Waals surface area contributed by atoms with Crippen molar-refractivity contribution in [3.63, 3.8) is 0 Å². The molecule has 2 aliphatic rings. The number of nitrogen functional groups attached to an aromatic ring is 1. The third kappa shape index (κ3) is 2.14. The number of allylic oxidation sites excluding steroid dienone is 4. The number of anilines is 2. The minimum Gasteiger partial charge on any atom is -0.398 e. The van der Waals surface area contributed by atoms with Crippen LogP contribution in [0.4, 0.5) is 15.8 Å². The third-order valence-corrected chi connectivity index (χ3v) is 3.69. The van der Waals surface area contributed by atoms with Crippen molar-refractivity contribution in [1.82, 2.24) is 0 Å². The first-order valence-corrected chi connectivity index (χ1v) is 6.72. The number of nitrogens with zero attached hydrogens (tertiary/aromatic N) is 1. The minimum atomic E-state index is -0.231. The maximum absolute atomic E-state index is 13.4. The highest BCUT2D eigenvalue weighted by molar-refractivity contribution is 6.31. The molecular weight excluding hydrogens is 275 g/mol. The van der Waals surface area contributed by atoms with Gasteiger partial charge in [0, 0.05) is 28.5 Å². The number of benzene rings is 1. The largest absolute Gasteiger partial charge is 0.398 e. The Labute approximate surface area is 122 Å². The Bertz CT molecular complexity index is 686. The van der Waals surface area contributed by atoms with Crippen LogP contribution in [0.3, 0.4) is 0 Å². The van der Waals surface area contributed by atoms with E-state index in [9.17, 15) is 4.39 Å². The Kier molecular flexibility index (Phi) is 3.14. The van der Waals surface area contributed by atoms with Gasteiger partial charge in [-0.2, -0.15) is 0 Å². The number of halogens is 2. The van der Waals surface area contributed by atoms with Crippen molar-refractivity contribution in [2.45, 2.75) is 6.42 Å². The molecule has 0 saturated heterocycles. The van der Waals surface area contributed by atoms with Gasteiger partial charge in [-0.25, -0.2) is 4.39 Å². The maximum atomic E-state index is 13.4. The topological polar surface area (TPSA) is 29.3 Å². The Balaban J connectivity index is 1.88. The Hall–Kier alpha value is -2.00. The molecule has 0 bridgehead atoms. The van der Waals surface area contributed by atoms with E-state index >= 15 is 0 Å². The molecule has 0 atom stereocenters. The fourth-order valence-corrected chi connectivity index (χ4v) is 2.75. The minimum absolute atomic E-state index is 0.231. The van der Waals surface area contributed by atoms with Gasteiger partial charge in [0.05, 0.1) is 5.69 Å². The molecule has 1 aromatic carbocycles. The summed E-state index contributed by atoms with van der Waals surface area (Å²) in [6, 6.07) is 3.58. The van der Waals surface area contributed by atoms with Crippen molar-refractivity contribution >= 4 is 28.7 Å². The Morgan fingerprint density at radius 3 is 3.00 bits per heavy atom. The maximum Gasteiger partial charge on any atom is 0.123 e. The van der Waals surface area contributed by atoms with Gasteiger partial charge < -0.3 is 10.6 Å². The van der Waals surface area contributed by atoms with E-state index in [2.05, 4.69) is 6.58 Å². The van der Waals surface area contributed by atoms with Crippen LogP contribution in [-0.2, 0) is 0 Å². The van der Waals surface area contributed by atoms with Crippen molar-refractivity contribution in [1.29, 1.82) is 0 Å². The molecule has 1 aliphatic carbocycles. The number of nitrogens with two attached hydrogens (primary N) is 1. The zero-order valence-corrected chi connectivity index (χ0v) is 11.6. The van der Waals surface area contributed by atoms with Crippen LogP contribution in [0.5, 0.6) is 0 Å². The van der Waals surface area contributed by atoms with E-state index in [0.29, 0.717) is 17.3 Å². The summed E-state index contributed by atoms with van der Waals surface area (Å²) in [6.07, 6.45) is 7.55. The molecule has 2 N–H and O–H groups in total. The molecule has 4 heteroatoms.